The number of aryl methyl sites for hydroxylation is 1. The van der Waals surface area contributed by atoms with Gasteiger partial charge in [-0.15, -0.1) is 0 Å². The first-order valence-corrected chi connectivity index (χ1v) is 17.5. The van der Waals surface area contributed by atoms with Crippen LogP contribution in [-0.4, -0.2) is 37.1 Å². The molecule has 3 rings (SSSR count). The Morgan fingerprint density at radius 2 is 1.92 bits per heavy atom. The summed E-state index contributed by atoms with van der Waals surface area (Å²) in [5, 5.41) is 25.4. The summed E-state index contributed by atoms with van der Waals surface area (Å²) in [5.74, 6) is 1.04. The number of nitrogens with one attached hydrogen (secondary N) is 1. The van der Waals surface area contributed by atoms with Crippen molar-refractivity contribution in [2.45, 2.75) is 130 Å². The molecule has 1 heterocycles. The van der Waals surface area contributed by atoms with E-state index in [1.165, 1.54) is 5.57 Å². The van der Waals surface area contributed by atoms with Crippen LogP contribution in [0.2, 0.25) is 18.1 Å². The molecule has 5 nitrogen and oxygen atoms in total. The number of phenols is 1. The van der Waals surface area contributed by atoms with E-state index in [-0.39, 0.29) is 34.6 Å². The fourth-order valence-corrected chi connectivity index (χ4v) is 7.08. The van der Waals surface area contributed by atoms with Gasteiger partial charge in [0.2, 0.25) is 0 Å². The molecule has 6 atom stereocenters. The van der Waals surface area contributed by atoms with Crippen molar-refractivity contribution in [3.05, 3.63) is 47.1 Å². The number of benzene rings is 1. The first-order chi connectivity index (χ1) is 17.7. The lowest BCUT2D eigenvalue weighted by Crippen LogP contribution is -2.68. The molecule has 1 aliphatic carbocycles. The van der Waals surface area contributed by atoms with Crippen molar-refractivity contribution in [2.75, 3.05) is 0 Å². The van der Waals surface area contributed by atoms with Crippen molar-refractivity contribution in [3.63, 3.8) is 0 Å². The van der Waals surface area contributed by atoms with Crippen molar-refractivity contribution < 1.29 is 19.4 Å². The number of unbranched alkanes of at least 4 members (excludes halogenated alkanes) is 2. The van der Waals surface area contributed by atoms with E-state index in [4.69, 9.17) is 9.16 Å². The number of aromatic hydroxyl groups is 1. The number of aliphatic hydroxyl groups excluding tert-OH is 1. The van der Waals surface area contributed by atoms with Gasteiger partial charge in [-0.3, -0.25) is 5.32 Å². The standard InChI is InChI=1S/C32H53NO4Si/c1-11-12-13-14-23-18-26(34)29(25-17-21(4)15-16-24(25)20(2)3)27(19-23)36-31-28(30(35)33-31)22(5)37-38(9,10)32(6,7)8/h17-19,22,24-25,28,30-31,33-35H,2,11-16H2,1,3-10H3/t22-,24+,25-,28+,30?,31?/m1/s1. The molecule has 2 unspecified atom stereocenters. The van der Waals surface area contributed by atoms with Gasteiger partial charge in [0.15, 0.2) is 14.5 Å². The Balaban J connectivity index is 1.96. The third-order valence-electron chi connectivity index (χ3n) is 9.09. The molecular formula is C32H53NO4Si. The van der Waals surface area contributed by atoms with E-state index in [1.54, 1.807) is 0 Å². The minimum absolute atomic E-state index is 0.00490. The lowest BCUT2D eigenvalue weighted by molar-refractivity contribution is -0.151. The number of allylic oxidation sites excluding steroid dienone is 3. The van der Waals surface area contributed by atoms with Gasteiger partial charge in [-0.1, -0.05) is 64.3 Å². The predicted molar refractivity (Wildman–Crippen MR) is 160 cm³/mol. The smallest absolute Gasteiger partial charge is 0.192 e. The normalized spacial score (nSPS) is 26.9. The molecule has 0 amide bonds. The summed E-state index contributed by atoms with van der Waals surface area (Å²) in [6, 6.07) is 4.04. The van der Waals surface area contributed by atoms with Crippen LogP contribution in [0, 0.1) is 11.8 Å². The van der Waals surface area contributed by atoms with Gasteiger partial charge in [0.25, 0.3) is 0 Å². The molecule has 1 aromatic rings. The van der Waals surface area contributed by atoms with Crippen molar-refractivity contribution in [1.29, 1.82) is 0 Å². The van der Waals surface area contributed by atoms with E-state index < -0.39 is 20.8 Å². The molecule has 1 aromatic carbocycles. The van der Waals surface area contributed by atoms with Crippen LogP contribution in [-0.2, 0) is 10.8 Å². The van der Waals surface area contributed by atoms with Crippen LogP contribution in [0.25, 0.3) is 0 Å². The molecule has 0 radical (unpaired) electrons. The fraction of sp³-hybridized carbons (Fsp3) is 0.688. The van der Waals surface area contributed by atoms with E-state index >= 15 is 0 Å². The molecule has 38 heavy (non-hydrogen) atoms. The molecule has 2 aliphatic rings. The molecule has 0 spiro atoms. The van der Waals surface area contributed by atoms with Crippen LogP contribution in [0.15, 0.2) is 35.9 Å². The number of hydrogen-bond acceptors (Lipinski definition) is 5. The van der Waals surface area contributed by atoms with Gasteiger partial charge in [-0.05, 0) is 88.2 Å². The highest BCUT2D eigenvalue weighted by atomic mass is 28.4. The van der Waals surface area contributed by atoms with E-state index in [2.05, 4.69) is 85.6 Å². The molecule has 1 saturated heterocycles. The monoisotopic (exact) mass is 543 g/mol. The third kappa shape index (κ3) is 6.93. The van der Waals surface area contributed by atoms with E-state index in [0.717, 1.165) is 55.2 Å². The van der Waals surface area contributed by atoms with Crippen LogP contribution in [0.5, 0.6) is 11.5 Å². The Hall–Kier alpha value is -1.60. The van der Waals surface area contributed by atoms with Gasteiger partial charge in [-0.2, -0.15) is 0 Å². The number of aliphatic hydroxyl groups is 1. The van der Waals surface area contributed by atoms with Gasteiger partial charge in [0, 0.05) is 11.5 Å². The first kappa shape index (κ1) is 30.9. The summed E-state index contributed by atoms with van der Waals surface area (Å²) < 4.78 is 13.3. The SMILES string of the molecule is C=C(C)[C@@H]1CCC(C)=C[C@H]1c1c(O)cc(CCCCC)cc1OC1NC(O)[C@@H]1[C@@H](C)O[Si](C)(C)C(C)(C)C. The summed E-state index contributed by atoms with van der Waals surface area (Å²) in [6.07, 6.45) is 7.37. The minimum atomic E-state index is -2.02. The summed E-state index contributed by atoms with van der Waals surface area (Å²) in [7, 11) is -2.02. The summed E-state index contributed by atoms with van der Waals surface area (Å²) in [6.45, 7) is 23.9. The lowest BCUT2D eigenvalue weighted by Gasteiger charge is -2.48. The topological polar surface area (TPSA) is 71.0 Å². The molecule has 6 heteroatoms. The second kappa shape index (κ2) is 12.3. The fourth-order valence-electron chi connectivity index (χ4n) is 5.64. The summed E-state index contributed by atoms with van der Waals surface area (Å²) in [4.78, 5) is 0. The highest BCUT2D eigenvalue weighted by Crippen LogP contribution is 2.48. The van der Waals surface area contributed by atoms with Crippen LogP contribution >= 0.6 is 0 Å². The van der Waals surface area contributed by atoms with Crippen LogP contribution in [0.4, 0.5) is 0 Å². The van der Waals surface area contributed by atoms with Crippen molar-refractivity contribution in [3.8, 4) is 11.5 Å². The Labute approximate surface area is 232 Å². The van der Waals surface area contributed by atoms with Crippen LogP contribution < -0.4 is 10.1 Å². The first-order valence-electron chi connectivity index (χ1n) is 14.6. The van der Waals surface area contributed by atoms with Gasteiger partial charge < -0.3 is 19.4 Å². The van der Waals surface area contributed by atoms with Crippen molar-refractivity contribution in [1.82, 2.24) is 5.32 Å². The van der Waals surface area contributed by atoms with E-state index in [0.29, 0.717) is 5.75 Å². The summed E-state index contributed by atoms with van der Waals surface area (Å²) >= 11 is 0. The Morgan fingerprint density at radius 1 is 1.24 bits per heavy atom. The largest absolute Gasteiger partial charge is 0.507 e. The molecule has 214 valence electrons. The molecule has 0 aromatic heterocycles. The van der Waals surface area contributed by atoms with Gasteiger partial charge in [0.05, 0.1) is 12.0 Å². The van der Waals surface area contributed by atoms with E-state index in [1.807, 2.05) is 6.07 Å². The Bertz CT molecular complexity index is 1010. The van der Waals surface area contributed by atoms with E-state index in [9.17, 15) is 10.2 Å². The molecule has 0 saturated carbocycles. The molecule has 0 bridgehead atoms. The average molecular weight is 544 g/mol. The Kier molecular flexibility index (Phi) is 10.00. The second-order valence-corrected chi connectivity index (χ2v) is 18.1. The zero-order valence-electron chi connectivity index (χ0n) is 25.4. The van der Waals surface area contributed by atoms with Crippen LogP contribution in [0.1, 0.15) is 97.6 Å². The highest BCUT2D eigenvalue weighted by Gasteiger charge is 2.49. The molecule has 3 N–H and O–H groups in total. The maximum absolute atomic E-state index is 11.4. The van der Waals surface area contributed by atoms with Gasteiger partial charge in [0.1, 0.15) is 17.7 Å². The van der Waals surface area contributed by atoms with Crippen molar-refractivity contribution in [2.24, 2.45) is 11.8 Å². The lowest BCUT2D eigenvalue weighted by atomic mass is 9.73. The van der Waals surface area contributed by atoms with Crippen LogP contribution in [0.3, 0.4) is 0 Å². The second-order valence-electron chi connectivity index (χ2n) is 13.3. The minimum Gasteiger partial charge on any atom is -0.507 e. The quantitative estimate of drug-likeness (QED) is 0.151. The maximum Gasteiger partial charge on any atom is 0.192 e. The number of ether oxygens (including phenoxy) is 1. The predicted octanol–water partition coefficient (Wildman–Crippen LogP) is 7.79. The third-order valence-corrected chi connectivity index (χ3v) is 13.7. The highest BCUT2D eigenvalue weighted by molar-refractivity contribution is 6.74. The van der Waals surface area contributed by atoms with Gasteiger partial charge >= 0.3 is 0 Å². The van der Waals surface area contributed by atoms with Crippen molar-refractivity contribution >= 4 is 8.32 Å². The molecule has 1 aliphatic heterocycles. The zero-order chi connectivity index (χ0) is 28.4. The number of rotatable bonds is 11. The zero-order valence-corrected chi connectivity index (χ0v) is 26.4. The Morgan fingerprint density at radius 3 is 2.50 bits per heavy atom. The number of phenolic OH excluding ortho intramolecular Hbond substituents is 1. The maximum atomic E-state index is 11.4. The average Bonchev–Trinajstić information content (AvgIpc) is 2.77. The molecular weight excluding hydrogens is 490 g/mol. The molecule has 1 fully saturated rings. The summed E-state index contributed by atoms with van der Waals surface area (Å²) in [5.41, 5.74) is 4.37. The van der Waals surface area contributed by atoms with Gasteiger partial charge in [-0.25, -0.2) is 0 Å². The number of hydrogen-bond donors (Lipinski definition) is 3.